The normalized spacial score (nSPS) is 17.6. The third kappa shape index (κ3) is 3.50. The summed E-state index contributed by atoms with van der Waals surface area (Å²) < 4.78 is 0. The van der Waals surface area contributed by atoms with E-state index >= 15 is 0 Å². The Balaban J connectivity index is 1.72. The first-order chi connectivity index (χ1) is 11.5. The molecular formula is C19H23N3O2. The maximum absolute atomic E-state index is 12.7. The van der Waals surface area contributed by atoms with Crippen LogP contribution in [0.4, 0.5) is 5.69 Å². The van der Waals surface area contributed by atoms with Crippen molar-refractivity contribution < 1.29 is 9.59 Å². The monoisotopic (exact) mass is 325 g/mol. The summed E-state index contributed by atoms with van der Waals surface area (Å²) >= 11 is 0. The summed E-state index contributed by atoms with van der Waals surface area (Å²) in [6, 6.07) is 8.95. The predicted octanol–water partition coefficient (Wildman–Crippen LogP) is 3.45. The maximum atomic E-state index is 12.7. The number of aryl methyl sites for hydroxylation is 1. The molecule has 0 saturated carbocycles. The number of hydrogen-bond acceptors (Lipinski definition) is 2. The van der Waals surface area contributed by atoms with E-state index in [4.69, 9.17) is 0 Å². The van der Waals surface area contributed by atoms with Gasteiger partial charge in [-0.3, -0.25) is 9.59 Å². The fourth-order valence-electron chi connectivity index (χ4n) is 3.15. The number of nitrogens with one attached hydrogen (secondary N) is 2. The highest BCUT2D eigenvalue weighted by atomic mass is 16.2. The largest absolute Gasteiger partial charge is 0.357 e. The summed E-state index contributed by atoms with van der Waals surface area (Å²) in [5, 5.41) is 2.87. The van der Waals surface area contributed by atoms with Crippen molar-refractivity contribution in [1.82, 2.24) is 9.88 Å². The zero-order valence-electron chi connectivity index (χ0n) is 14.1. The van der Waals surface area contributed by atoms with E-state index in [1.807, 2.05) is 17.9 Å². The molecule has 1 aromatic carbocycles. The SMILES string of the molecule is Cc1cc(C(=O)N2CCCC(C)C2)ccc1NC(=O)c1ccc[nH]1. The lowest BCUT2D eigenvalue weighted by molar-refractivity contribution is 0.0683. The smallest absolute Gasteiger partial charge is 0.272 e. The molecule has 1 aromatic heterocycles. The summed E-state index contributed by atoms with van der Waals surface area (Å²) in [5.41, 5.74) is 2.79. The van der Waals surface area contributed by atoms with Gasteiger partial charge in [0.1, 0.15) is 5.69 Å². The van der Waals surface area contributed by atoms with Crippen molar-refractivity contribution in [2.75, 3.05) is 18.4 Å². The zero-order valence-corrected chi connectivity index (χ0v) is 14.1. The Kier molecular flexibility index (Phi) is 4.69. The van der Waals surface area contributed by atoms with Crippen molar-refractivity contribution in [3.05, 3.63) is 53.3 Å². The second-order valence-corrected chi connectivity index (χ2v) is 6.57. The van der Waals surface area contributed by atoms with Crippen molar-refractivity contribution in [3.63, 3.8) is 0 Å². The standard InChI is InChI=1S/C19H23N3O2/c1-13-5-4-10-22(12-13)19(24)15-7-8-16(14(2)11-15)21-18(23)17-6-3-9-20-17/h3,6-9,11,13,20H,4-5,10,12H2,1-2H3,(H,21,23). The molecule has 126 valence electrons. The number of aromatic nitrogens is 1. The molecule has 1 aliphatic heterocycles. The lowest BCUT2D eigenvalue weighted by Crippen LogP contribution is -2.39. The van der Waals surface area contributed by atoms with Crippen molar-refractivity contribution in [2.24, 2.45) is 5.92 Å². The quantitative estimate of drug-likeness (QED) is 0.908. The van der Waals surface area contributed by atoms with Crippen LogP contribution in [0.3, 0.4) is 0 Å². The summed E-state index contributed by atoms with van der Waals surface area (Å²) in [6.07, 6.45) is 3.96. The molecule has 0 radical (unpaired) electrons. The van der Waals surface area contributed by atoms with Crippen LogP contribution in [-0.2, 0) is 0 Å². The van der Waals surface area contributed by atoms with E-state index in [1.165, 1.54) is 6.42 Å². The van der Waals surface area contributed by atoms with E-state index in [0.29, 0.717) is 17.2 Å². The van der Waals surface area contributed by atoms with Crippen LogP contribution < -0.4 is 5.32 Å². The number of nitrogens with zero attached hydrogens (tertiary/aromatic N) is 1. The number of carbonyl (C=O) groups is 2. The fourth-order valence-corrected chi connectivity index (χ4v) is 3.15. The Morgan fingerprint density at radius 2 is 2.12 bits per heavy atom. The molecule has 1 fully saturated rings. The Bertz CT molecular complexity index is 737. The highest BCUT2D eigenvalue weighted by molar-refractivity contribution is 6.03. The van der Waals surface area contributed by atoms with Crippen molar-refractivity contribution >= 4 is 17.5 Å². The van der Waals surface area contributed by atoms with Gasteiger partial charge in [-0.1, -0.05) is 6.92 Å². The van der Waals surface area contributed by atoms with E-state index in [1.54, 1.807) is 30.5 Å². The predicted molar refractivity (Wildman–Crippen MR) is 94.2 cm³/mol. The zero-order chi connectivity index (χ0) is 17.1. The van der Waals surface area contributed by atoms with Gasteiger partial charge in [-0.05, 0) is 61.6 Å². The molecule has 1 aliphatic rings. The average Bonchev–Trinajstić information content (AvgIpc) is 3.10. The highest BCUT2D eigenvalue weighted by Crippen LogP contribution is 2.21. The molecule has 1 unspecified atom stereocenters. The Hall–Kier alpha value is -2.56. The lowest BCUT2D eigenvalue weighted by atomic mass is 9.99. The average molecular weight is 325 g/mol. The van der Waals surface area contributed by atoms with E-state index in [-0.39, 0.29) is 11.8 Å². The number of aromatic amines is 1. The molecule has 0 aliphatic carbocycles. The number of amides is 2. The van der Waals surface area contributed by atoms with Gasteiger partial charge in [0.05, 0.1) is 0 Å². The molecule has 2 N–H and O–H groups in total. The number of likely N-dealkylation sites (tertiary alicyclic amines) is 1. The van der Waals surface area contributed by atoms with Crippen LogP contribution in [0, 0.1) is 12.8 Å². The van der Waals surface area contributed by atoms with Crippen molar-refractivity contribution in [2.45, 2.75) is 26.7 Å². The van der Waals surface area contributed by atoms with Gasteiger partial charge in [0.2, 0.25) is 0 Å². The second-order valence-electron chi connectivity index (χ2n) is 6.57. The van der Waals surface area contributed by atoms with Gasteiger partial charge in [0.15, 0.2) is 0 Å². The first-order valence-corrected chi connectivity index (χ1v) is 8.39. The van der Waals surface area contributed by atoms with Gasteiger partial charge in [0.25, 0.3) is 11.8 Å². The molecule has 2 amide bonds. The van der Waals surface area contributed by atoms with Gasteiger partial charge in [-0.15, -0.1) is 0 Å². The van der Waals surface area contributed by atoms with E-state index in [9.17, 15) is 9.59 Å². The van der Waals surface area contributed by atoms with Gasteiger partial charge in [-0.2, -0.15) is 0 Å². The lowest BCUT2D eigenvalue weighted by Gasteiger charge is -2.31. The minimum Gasteiger partial charge on any atom is -0.357 e. The van der Waals surface area contributed by atoms with E-state index < -0.39 is 0 Å². The molecular weight excluding hydrogens is 302 g/mol. The van der Waals surface area contributed by atoms with Crippen LogP contribution in [0.5, 0.6) is 0 Å². The summed E-state index contributed by atoms with van der Waals surface area (Å²) in [6.45, 7) is 5.74. The number of H-pyrrole nitrogens is 1. The Morgan fingerprint density at radius 1 is 1.29 bits per heavy atom. The van der Waals surface area contributed by atoms with Crippen LogP contribution in [0.2, 0.25) is 0 Å². The Labute approximate surface area is 142 Å². The molecule has 0 spiro atoms. The third-order valence-corrected chi connectivity index (χ3v) is 4.51. The van der Waals surface area contributed by atoms with Gasteiger partial charge in [0, 0.05) is 30.5 Å². The molecule has 2 heterocycles. The number of anilines is 1. The summed E-state index contributed by atoms with van der Waals surface area (Å²) in [7, 11) is 0. The van der Waals surface area contributed by atoms with Crippen LogP contribution in [-0.4, -0.2) is 34.8 Å². The maximum Gasteiger partial charge on any atom is 0.272 e. The molecule has 0 bridgehead atoms. The van der Waals surface area contributed by atoms with E-state index in [0.717, 1.165) is 30.8 Å². The van der Waals surface area contributed by atoms with Gasteiger partial charge in [-0.25, -0.2) is 0 Å². The molecule has 3 rings (SSSR count). The summed E-state index contributed by atoms with van der Waals surface area (Å²) in [5.74, 6) is 0.446. The van der Waals surface area contributed by atoms with Crippen LogP contribution >= 0.6 is 0 Å². The number of carbonyl (C=O) groups excluding carboxylic acids is 2. The minimum absolute atomic E-state index is 0.0758. The number of hydrogen-bond donors (Lipinski definition) is 2. The molecule has 2 aromatic rings. The first-order valence-electron chi connectivity index (χ1n) is 8.39. The molecule has 24 heavy (non-hydrogen) atoms. The number of benzene rings is 1. The van der Waals surface area contributed by atoms with Gasteiger partial charge >= 0.3 is 0 Å². The third-order valence-electron chi connectivity index (χ3n) is 4.51. The highest BCUT2D eigenvalue weighted by Gasteiger charge is 2.22. The first kappa shape index (κ1) is 16.3. The second kappa shape index (κ2) is 6.91. The molecule has 1 saturated heterocycles. The van der Waals surface area contributed by atoms with Crippen molar-refractivity contribution in [3.8, 4) is 0 Å². The summed E-state index contributed by atoms with van der Waals surface area (Å²) in [4.78, 5) is 29.6. The number of rotatable bonds is 3. The van der Waals surface area contributed by atoms with Gasteiger partial charge < -0.3 is 15.2 Å². The molecule has 1 atom stereocenters. The minimum atomic E-state index is -0.188. The number of piperidine rings is 1. The molecule has 5 heteroatoms. The van der Waals surface area contributed by atoms with E-state index in [2.05, 4.69) is 17.2 Å². The fraction of sp³-hybridized carbons (Fsp3) is 0.368. The molecule has 5 nitrogen and oxygen atoms in total. The van der Waals surface area contributed by atoms with Crippen molar-refractivity contribution in [1.29, 1.82) is 0 Å². The van der Waals surface area contributed by atoms with Crippen LogP contribution in [0.1, 0.15) is 46.2 Å². The van der Waals surface area contributed by atoms with Crippen LogP contribution in [0.25, 0.3) is 0 Å². The Morgan fingerprint density at radius 3 is 2.79 bits per heavy atom. The topological polar surface area (TPSA) is 65.2 Å². The van der Waals surface area contributed by atoms with Crippen LogP contribution in [0.15, 0.2) is 36.5 Å².